The van der Waals surface area contributed by atoms with Crippen molar-refractivity contribution in [3.8, 4) is 5.75 Å². The predicted octanol–water partition coefficient (Wildman–Crippen LogP) is 2.76. The van der Waals surface area contributed by atoms with Crippen LogP contribution in [0.15, 0.2) is 54.6 Å². The Morgan fingerprint density at radius 3 is 2.27 bits per heavy atom. The fraction of sp³-hybridized carbons (Fsp3) is 0.211. The maximum Gasteiger partial charge on any atom is 0.334 e. The van der Waals surface area contributed by atoms with Crippen LogP contribution in [0.1, 0.15) is 18.5 Å². The number of amides is 4. The molecule has 0 N–H and O–H groups in total. The van der Waals surface area contributed by atoms with E-state index in [2.05, 4.69) is 0 Å². The van der Waals surface area contributed by atoms with Crippen LogP contribution in [0.4, 0.5) is 9.18 Å². The van der Waals surface area contributed by atoms with Crippen LogP contribution in [0.3, 0.4) is 0 Å². The van der Waals surface area contributed by atoms with E-state index in [0.29, 0.717) is 5.75 Å². The monoisotopic (exact) mass is 356 g/mol. The Labute approximate surface area is 149 Å². The first-order valence-corrected chi connectivity index (χ1v) is 8.11. The van der Waals surface area contributed by atoms with E-state index in [4.69, 9.17) is 4.74 Å². The highest BCUT2D eigenvalue weighted by molar-refractivity contribution is 6.44. The van der Waals surface area contributed by atoms with Crippen molar-refractivity contribution in [1.29, 1.82) is 0 Å². The maximum absolute atomic E-state index is 12.9. The van der Waals surface area contributed by atoms with Crippen LogP contribution in [0.25, 0.3) is 0 Å². The van der Waals surface area contributed by atoms with Crippen molar-refractivity contribution in [3.05, 3.63) is 66.0 Å². The summed E-state index contributed by atoms with van der Waals surface area (Å²) < 4.78 is 18.3. The molecule has 1 heterocycles. The zero-order chi connectivity index (χ0) is 18.7. The van der Waals surface area contributed by atoms with E-state index in [1.807, 2.05) is 6.07 Å². The molecule has 3 rings (SSSR count). The fourth-order valence-corrected chi connectivity index (χ4v) is 2.73. The molecular weight excluding hydrogens is 339 g/mol. The zero-order valence-electron chi connectivity index (χ0n) is 14.1. The van der Waals surface area contributed by atoms with Crippen molar-refractivity contribution in [2.45, 2.75) is 13.0 Å². The highest BCUT2D eigenvalue weighted by Gasteiger charge is 2.46. The van der Waals surface area contributed by atoms with Gasteiger partial charge in [-0.15, -0.1) is 0 Å². The van der Waals surface area contributed by atoms with E-state index in [1.54, 1.807) is 31.2 Å². The van der Waals surface area contributed by atoms with Gasteiger partial charge in [-0.2, -0.15) is 0 Å². The normalized spacial score (nSPS) is 15.5. The summed E-state index contributed by atoms with van der Waals surface area (Å²) in [7, 11) is 0. The molecule has 1 aliphatic heterocycles. The van der Waals surface area contributed by atoms with Crippen molar-refractivity contribution in [2.75, 3.05) is 13.2 Å². The van der Waals surface area contributed by atoms with Gasteiger partial charge < -0.3 is 4.74 Å². The first-order valence-electron chi connectivity index (χ1n) is 8.11. The summed E-state index contributed by atoms with van der Waals surface area (Å²) >= 11 is 0. The third kappa shape index (κ3) is 3.42. The minimum Gasteiger partial charge on any atom is -0.492 e. The number of nitrogens with zero attached hydrogens (tertiary/aromatic N) is 2. The third-order valence-electron chi connectivity index (χ3n) is 4.15. The SMILES string of the molecule is CC(c1ccccc1)N1C(=O)C(=O)N(CCOc2ccc(F)cc2)C1=O. The second-order valence-corrected chi connectivity index (χ2v) is 5.80. The number of urea groups is 1. The summed E-state index contributed by atoms with van der Waals surface area (Å²) in [6.45, 7) is 1.62. The van der Waals surface area contributed by atoms with Gasteiger partial charge in [0.2, 0.25) is 0 Å². The Kier molecular flexibility index (Phi) is 4.97. The number of carbonyl (C=O) groups is 3. The lowest BCUT2D eigenvalue weighted by atomic mass is 10.1. The van der Waals surface area contributed by atoms with E-state index in [-0.39, 0.29) is 13.2 Å². The molecule has 6 nitrogen and oxygen atoms in total. The summed E-state index contributed by atoms with van der Waals surface area (Å²) in [5, 5.41) is 0. The van der Waals surface area contributed by atoms with Crippen LogP contribution in [-0.2, 0) is 9.59 Å². The number of hydrogen-bond donors (Lipinski definition) is 0. The van der Waals surface area contributed by atoms with E-state index >= 15 is 0 Å². The van der Waals surface area contributed by atoms with Crippen LogP contribution in [0.5, 0.6) is 5.75 Å². The summed E-state index contributed by atoms with van der Waals surface area (Å²) in [5.41, 5.74) is 0.756. The molecule has 1 aliphatic rings. The van der Waals surface area contributed by atoms with Gasteiger partial charge in [0.05, 0.1) is 12.6 Å². The molecule has 2 aromatic carbocycles. The molecule has 0 saturated carbocycles. The highest BCUT2D eigenvalue weighted by Crippen LogP contribution is 2.26. The molecule has 26 heavy (non-hydrogen) atoms. The Balaban J connectivity index is 1.65. The summed E-state index contributed by atoms with van der Waals surface area (Å²) in [5.74, 6) is -1.71. The molecule has 0 spiro atoms. The lowest BCUT2D eigenvalue weighted by Crippen LogP contribution is -2.37. The Hall–Kier alpha value is -3.22. The largest absolute Gasteiger partial charge is 0.492 e. The number of benzene rings is 2. The smallest absolute Gasteiger partial charge is 0.334 e. The van der Waals surface area contributed by atoms with Crippen molar-refractivity contribution in [2.24, 2.45) is 0 Å². The maximum atomic E-state index is 12.9. The standard InChI is InChI=1S/C19H17FN2O4/c1-13(14-5-3-2-4-6-14)22-18(24)17(23)21(19(22)25)11-12-26-16-9-7-15(20)8-10-16/h2-10,13H,11-12H2,1H3. The van der Waals surface area contributed by atoms with Crippen LogP contribution >= 0.6 is 0 Å². The van der Waals surface area contributed by atoms with Crippen molar-refractivity contribution in [3.63, 3.8) is 0 Å². The van der Waals surface area contributed by atoms with Gasteiger partial charge >= 0.3 is 17.8 Å². The number of ether oxygens (including phenoxy) is 1. The minimum atomic E-state index is -0.875. The first kappa shape index (κ1) is 17.6. The van der Waals surface area contributed by atoms with E-state index in [1.165, 1.54) is 24.3 Å². The third-order valence-corrected chi connectivity index (χ3v) is 4.15. The van der Waals surface area contributed by atoms with Gasteiger partial charge in [0, 0.05) is 0 Å². The van der Waals surface area contributed by atoms with Crippen LogP contribution in [0.2, 0.25) is 0 Å². The van der Waals surface area contributed by atoms with Gasteiger partial charge in [-0.1, -0.05) is 30.3 Å². The molecule has 1 unspecified atom stereocenters. The lowest BCUT2D eigenvalue weighted by Gasteiger charge is -2.22. The van der Waals surface area contributed by atoms with Gasteiger partial charge in [-0.05, 0) is 36.8 Å². The predicted molar refractivity (Wildman–Crippen MR) is 90.7 cm³/mol. The molecule has 7 heteroatoms. The molecule has 134 valence electrons. The average Bonchev–Trinajstić information content (AvgIpc) is 2.87. The quantitative estimate of drug-likeness (QED) is 0.590. The number of hydrogen-bond acceptors (Lipinski definition) is 4. The number of carbonyl (C=O) groups excluding carboxylic acids is 3. The van der Waals surface area contributed by atoms with E-state index in [0.717, 1.165) is 15.4 Å². The molecular formula is C19H17FN2O4. The second kappa shape index (κ2) is 7.35. The zero-order valence-corrected chi connectivity index (χ0v) is 14.1. The second-order valence-electron chi connectivity index (χ2n) is 5.80. The van der Waals surface area contributed by atoms with E-state index in [9.17, 15) is 18.8 Å². The number of rotatable bonds is 6. The molecule has 1 saturated heterocycles. The molecule has 1 fully saturated rings. The van der Waals surface area contributed by atoms with Crippen molar-refractivity contribution >= 4 is 17.8 Å². The number of halogens is 1. The average molecular weight is 356 g/mol. The molecule has 4 amide bonds. The van der Waals surface area contributed by atoms with Gasteiger partial charge in [-0.25, -0.2) is 14.1 Å². The molecule has 1 atom stereocenters. The Bertz CT molecular complexity index is 823. The Morgan fingerprint density at radius 1 is 0.962 bits per heavy atom. The van der Waals surface area contributed by atoms with Gasteiger partial charge in [0.15, 0.2) is 0 Å². The van der Waals surface area contributed by atoms with Crippen molar-refractivity contribution < 1.29 is 23.5 Å². The first-order chi connectivity index (χ1) is 12.5. The van der Waals surface area contributed by atoms with Gasteiger partial charge in [0.1, 0.15) is 18.2 Å². The summed E-state index contributed by atoms with van der Waals surface area (Å²) in [6, 6.07) is 13.2. The summed E-state index contributed by atoms with van der Waals surface area (Å²) in [4.78, 5) is 38.8. The van der Waals surface area contributed by atoms with E-state index < -0.39 is 29.7 Å². The molecule has 0 radical (unpaired) electrons. The van der Waals surface area contributed by atoms with Gasteiger partial charge in [0.25, 0.3) is 0 Å². The fourth-order valence-electron chi connectivity index (χ4n) is 2.73. The topological polar surface area (TPSA) is 66.9 Å². The number of imide groups is 2. The molecule has 0 aliphatic carbocycles. The molecule has 0 aromatic heterocycles. The minimum absolute atomic E-state index is 0.00392. The summed E-state index contributed by atoms with van der Waals surface area (Å²) in [6.07, 6.45) is 0. The van der Waals surface area contributed by atoms with Gasteiger partial charge in [-0.3, -0.25) is 14.5 Å². The van der Waals surface area contributed by atoms with Crippen LogP contribution < -0.4 is 4.74 Å². The van der Waals surface area contributed by atoms with Crippen molar-refractivity contribution in [1.82, 2.24) is 9.80 Å². The molecule has 2 aromatic rings. The molecule has 0 bridgehead atoms. The van der Waals surface area contributed by atoms with Crippen LogP contribution in [-0.4, -0.2) is 40.8 Å². The van der Waals surface area contributed by atoms with Crippen LogP contribution in [0, 0.1) is 5.82 Å². The lowest BCUT2D eigenvalue weighted by molar-refractivity contribution is -0.144. The Morgan fingerprint density at radius 2 is 1.62 bits per heavy atom. The highest BCUT2D eigenvalue weighted by atomic mass is 19.1.